The third-order valence-corrected chi connectivity index (χ3v) is 4.92. The maximum atomic E-state index is 12.2. The first kappa shape index (κ1) is 12.4. The van der Waals surface area contributed by atoms with E-state index in [2.05, 4.69) is 10.3 Å². The van der Waals surface area contributed by atoms with Crippen LogP contribution in [0.4, 0.5) is 0 Å². The summed E-state index contributed by atoms with van der Waals surface area (Å²) in [6.07, 6.45) is 3.48. The van der Waals surface area contributed by atoms with Crippen molar-refractivity contribution in [1.29, 1.82) is 0 Å². The van der Waals surface area contributed by atoms with Gasteiger partial charge in [0.05, 0.1) is 0 Å². The van der Waals surface area contributed by atoms with Crippen molar-refractivity contribution >= 4 is 27.6 Å². The van der Waals surface area contributed by atoms with E-state index in [0.717, 1.165) is 23.7 Å². The SMILES string of the molecule is O=C(NC1CCS(=O)CC1)c1ccc2[nH]ccc2c1. The van der Waals surface area contributed by atoms with Gasteiger partial charge in [-0.2, -0.15) is 0 Å². The Morgan fingerprint density at radius 3 is 2.84 bits per heavy atom. The number of hydrogen-bond acceptors (Lipinski definition) is 2. The highest BCUT2D eigenvalue weighted by molar-refractivity contribution is 7.85. The van der Waals surface area contributed by atoms with Crippen LogP contribution >= 0.6 is 0 Å². The third-order valence-electron chi connectivity index (χ3n) is 3.54. The van der Waals surface area contributed by atoms with Gasteiger partial charge in [-0.15, -0.1) is 0 Å². The number of amides is 1. The molecule has 0 radical (unpaired) electrons. The molecule has 0 saturated carbocycles. The highest BCUT2D eigenvalue weighted by Gasteiger charge is 2.20. The van der Waals surface area contributed by atoms with Gasteiger partial charge in [-0.05, 0) is 37.1 Å². The van der Waals surface area contributed by atoms with Gasteiger partial charge in [0, 0.05) is 51.0 Å². The smallest absolute Gasteiger partial charge is 0.251 e. The van der Waals surface area contributed by atoms with Crippen LogP contribution in [-0.2, 0) is 10.8 Å². The Kier molecular flexibility index (Phi) is 3.38. The topological polar surface area (TPSA) is 62.0 Å². The number of carbonyl (C=O) groups is 1. The van der Waals surface area contributed by atoms with Crippen molar-refractivity contribution in [2.75, 3.05) is 11.5 Å². The molecule has 1 amide bonds. The Hall–Kier alpha value is -1.62. The lowest BCUT2D eigenvalue weighted by Crippen LogP contribution is -2.39. The molecule has 1 aliphatic rings. The number of carbonyl (C=O) groups excluding carboxylic acids is 1. The fourth-order valence-electron chi connectivity index (χ4n) is 2.40. The summed E-state index contributed by atoms with van der Waals surface area (Å²) in [6, 6.07) is 7.75. The van der Waals surface area contributed by atoms with Crippen molar-refractivity contribution in [3.63, 3.8) is 0 Å². The average molecular weight is 276 g/mol. The van der Waals surface area contributed by atoms with E-state index in [1.807, 2.05) is 30.5 Å². The summed E-state index contributed by atoms with van der Waals surface area (Å²) in [5.74, 6) is 1.35. The van der Waals surface area contributed by atoms with Crippen molar-refractivity contribution < 1.29 is 9.00 Å². The summed E-state index contributed by atoms with van der Waals surface area (Å²) in [5.41, 5.74) is 1.71. The number of benzene rings is 1. The Labute approximate surface area is 114 Å². The van der Waals surface area contributed by atoms with E-state index in [0.29, 0.717) is 17.1 Å². The highest BCUT2D eigenvalue weighted by atomic mass is 32.2. The van der Waals surface area contributed by atoms with Gasteiger partial charge in [-0.3, -0.25) is 9.00 Å². The minimum absolute atomic E-state index is 0.0409. The zero-order chi connectivity index (χ0) is 13.2. The van der Waals surface area contributed by atoms with Crippen LogP contribution in [0.2, 0.25) is 0 Å². The molecule has 0 bridgehead atoms. The molecule has 19 heavy (non-hydrogen) atoms. The number of H-pyrrole nitrogens is 1. The largest absolute Gasteiger partial charge is 0.361 e. The molecule has 0 aliphatic carbocycles. The van der Waals surface area contributed by atoms with Crippen molar-refractivity contribution in [1.82, 2.24) is 10.3 Å². The molecule has 2 N–H and O–H groups in total. The van der Waals surface area contributed by atoms with E-state index in [9.17, 15) is 9.00 Å². The van der Waals surface area contributed by atoms with E-state index in [1.54, 1.807) is 0 Å². The molecule has 1 aromatic heterocycles. The van der Waals surface area contributed by atoms with Crippen LogP contribution in [0.15, 0.2) is 30.5 Å². The van der Waals surface area contributed by atoms with Crippen LogP contribution in [0.25, 0.3) is 10.9 Å². The van der Waals surface area contributed by atoms with E-state index >= 15 is 0 Å². The standard InChI is InChI=1S/C14H16N2O2S/c17-14(16-12-4-7-19(18)8-5-12)11-1-2-13-10(9-11)3-6-15-13/h1-3,6,9,12,15H,4-5,7-8H2,(H,16,17). The minimum atomic E-state index is -0.689. The van der Waals surface area contributed by atoms with Crippen LogP contribution in [0.1, 0.15) is 23.2 Å². The summed E-state index contributed by atoms with van der Waals surface area (Å²) in [4.78, 5) is 15.3. The van der Waals surface area contributed by atoms with Gasteiger partial charge >= 0.3 is 0 Å². The Morgan fingerprint density at radius 1 is 1.26 bits per heavy atom. The Bertz CT molecular complexity index is 625. The summed E-state index contributed by atoms with van der Waals surface area (Å²) in [7, 11) is -0.689. The summed E-state index contributed by atoms with van der Waals surface area (Å²) in [6.45, 7) is 0. The second-order valence-corrected chi connectivity index (χ2v) is 6.57. The fraction of sp³-hybridized carbons (Fsp3) is 0.357. The number of aromatic amines is 1. The summed E-state index contributed by atoms with van der Waals surface area (Å²) in [5, 5.41) is 4.07. The molecule has 4 nitrogen and oxygen atoms in total. The van der Waals surface area contributed by atoms with E-state index in [4.69, 9.17) is 0 Å². The number of aromatic nitrogens is 1. The summed E-state index contributed by atoms with van der Waals surface area (Å²) < 4.78 is 11.3. The first-order chi connectivity index (χ1) is 9.22. The van der Waals surface area contributed by atoms with Gasteiger partial charge in [0.25, 0.3) is 5.91 Å². The molecule has 2 heterocycles. The van der Waals surface area contributed by atoms with Crippen LogP contribution in [0.3, 0.4) is 0 Å². The van der Waals surface area contributed by atoms with E-state index in [1.165, 1.54) is 0 Å². The Balaban J connectivity index is 1.71. The van der Waals surface area contributed by atoms with Gasteiger partial charge in [-0.25, -0.2) is 0 Å². The molecule has 0 unspecified atom stereocenters. The van der Waals surface area contributed by atoms with Crippen LogP contribution in [0.5, 0.6) is 0 Å². The maximum Gasteiger partial charge on any atom is 0.251 e. The zero-order valence-corrected chi connectivity index (χ0v) is 11.3. The van der Waals surface area contributed by atoms with Crippen LogP contribution < -0.4 is 5.32 Å². The molecule has 3 rings (SSSR count). The molecule has 0 spiro atoms. The molecule has 1 aliphatic heterocycles. The fourth-order valence-corrected chi connectivity index (χ4v) is 3.70. The summed E-state index contributed by atoms with van der Waals surface area (Å²) >= 11 is 0. The van der Waals surface area contributed by atoms with Crippen LogP contribution in [0, 0.1) is 0 Å². The molecule has 1 aromatic carbocycles. The number of nitrogens with one attached hydrogen (secondary N) is 2. The second-order valence-electron chi connectivity index (χ2n) is 4.88. The number of fused-ring (bicyclic) bond motifs is 1. The molecule has 1 fully saturated rings. The van der Waals surface area contributed by atoms with E-state index < -0.39 is 10.8 Å². The highest BCUT2D eigenvalue weighted by Crippen LogP contribution is 2.15. The van der Waals surface area contributed by atoms with Gasteiger partial charge < -0.3 is 10.3 Å². The molecule has 5 heteroatoms. The number of rotatable bonds is 2. The predicted octanol–water partition coefficient (Wildman–Crippen LogP) is 1.81. The van der Waals surface area contributed by atoms with Gasteiger partial charge in [0.15, 0.2) is 0 Å². The van der Waals surface area contributed by atoms with Crippen molar-refractivity contribution in [2.24, 2.45) is 0 Å². The lowest BCUT2D eigenvalue weighted by Gasteiger charge is -2.22. The Morgan fingerprint density at radius 2 is 2.05 bits per heavy atom. The molecule has 0 atom stereocenters. The normalized spacial score (nSPS) is 23.4. The van der Waals surface area contributed by atoms with E-state index in [-0.39, 0.29) is 11.9 Å². The maximum absolute atomic E-state index is 12.2. The molecule has 100 valence electrons. The lowest BCUT2D eigenvalue weighted by atomic mass is 10.1. The first-order valence-electron chi connectivity index (χ1n) is 6.45. The van der Waals surface area contributed by atoms with Crippen molar-refractivity contribution in [3.8, 4) is 0 Å². The van der Waals surface area contributed by atoms with Gasteiger partial charge in [0.2, 0.25) is 0 Å². The van der Waals surface area contributed by atoms with Crippen LogP contribution in [-0.4, -0.2) is 32.6 Å². The minimum Gasteiger partial charge on any atom is -0.361 e. The first-order valence-corrected chi connectivity index (χ1v) is 7.94. The zero-order valence-electron chi connectivity index (χ0n) is 10.5. The quantitative estimate of drug-likeness (QED) is 0.878. The molecule has 1 saturated heterocycles. The average Bonchev–Trinajstić information content (AvgIpc) is 2.88. The third kappa shape index (κ3) is 2.71. The van der Waals surface area contributed by atoms with Gasteiger partial charge in [0.1, 0.15) is 0 Å². The molecule has 2 aromatic rings. The predicted molar refractivity (Wildman–Crippen MR) is 76.7 cm³/mol. The second kappa shape index (κ2) is 5.17. The van der Waals surface area contributed by atoms with Gasteiger partial charge in [-0.1, -0.05) is 0 Å². The van der Waals surface area contributed by atoms with Crippen molar-refractivity contribution in [3.05, 3.63) is 36.0 Å². The molecular formula is C14H16N2O2S. The number of hydrogen-bond donors (Lipinski definition) is 2. The van der Waals surface area contributed by atoms with Crippen molar-refractivity contribution in [2.45, 2.75) is 18.9 Å². The lowest BCUT2D eigenvalue weighted by molar-refractivity contribution is 0.0934. The monoisotopic (exact) mass is 276 g/mol. The molecular weight excluding hydrogens is 260 g/mol.